The highest BCUT2D eigenvalue weighted by Gasteiger charge is 2.33. The molecule has 1 aromatic carbocycles. The molecule has 1 aliphatic rings. The molecule has 31 heavy (non-hydrogen) atoms. The fourth-order valence-electron chi connectivity index (χ4n) is 3.61. The molecule has 160 valence electrons. The van der Waals surface area contributed by atoms with Gasteiger partial charge in [-0.15, -0.1) is 0 Å². The number of carbonyl (C=O) groups is 1. The van der Waals surface area contributed by atoms with E-state index in [0.717, 1.165) is 5.56 Å². The lowest BCUT2D eigenvalue weighted by atomic mass is 9.93. The molecule has 1 atom stereocenters. The highest BCUT2D eigenvalue weighted by Crippen LogP contribution is 2.31. The minimum Gasteiger partial charge on any atom is -0.466 e. The first-order valence-corrected chi connectivity index (χ1v) is 11.4. The maximum atomic E-state index is 13.4. The maximum Gasteiger partial charge on any atom is 0.338 e. The quantitative estimate of drug-likeness (QED) is 0.509. The van der Waals surface area contributed by atoms with Gasteiger partial charge in [-0.2, -0.15) is 0 Å². The largest absolute Gasteiger partial charge is 0.466 e. The standard InChI is InChI=1S/C23H21BrN2O4S/c1-12(2)14-5-7-15(8-6-14)20-19(22(28)29-4)13(3)25-23-26(20)21(27)17(31-23)11-16-9-10-18(24)30-16/h5-12,20H,1-4H3/b17-11-/t20-/m0/s1. The number of ether oxygens (including phenoxy) is 1. The Morgan fingerprint density at radius 2 is 1.97 bits per heavy atom. The normalized spacial score (nSPS) is 16.5. The van der Waals surface area contributed by atoms with Gasteiger partial charge in [-0.3, -0.25) is 9.36 Å². The summed E-state index contributed by atoms with van der Waals surface area (Å²) in [6, 6.07) is 10.9. The fourth-order valence-corrected chi connectivity index (χ4v) is 4.95. The van der Waals surface area contributed by atoms with Crippen molar-refractivity contribution in [2.75, 3.05) is 7.11 Å². The van der Waals surface area contributed by atoms with Crippen LogP contribution in [-0.2, 0) is 9.53 Å². The molecule has 8 heteroatoms. The molecular weight excluding hydrogens is 480 g/mol. The van der Waals surface area contributed by atoms with Crippen LogP contribution in [0.15, 0.2) is 66.5 Å². The second-order valence-corrected chi connectivity index (χ2v) is 9.33. The zero-order valence-corrected chi connectivity index (χ0v) is 19.9. The van der Waals surface area contributed by atoms with Gasteiger partial charge in [0.1, 0.15) is 5.76 Å². The van der Waals surface area contributed by atoms with Gasteiger partial charge in [0, 0.05) is 6.08 Å². The molecule has 4 rings (SSSR count). The zero-order valence-electron chi connectivity index (χ0n) is 17.5. The summed E-state index contributed by atoms with van der Waals surface area (Å²) in [6.45, 7) is 6.01. The molecule has 3 heterocycles. The maximum absolute atomic E-state index is 13.4. The van der Waals surface area contributed by atoms with Crippen molar-refractivity contribution in [3.8, 4) is 0 Å². The number of carbonyl (C=O) groups excluding carboxylic acids is 1. The van der Waals surface area contributed by atoms with E-state index < -0.39 is 12.0 Å². The first kappa shape index (κ1) is 21.5. The van der Waals surface area contributed by atoms with Crippen molar-refractivity contribution in [2.24, 2.45) is 4.99 Å². The molecule has 0 aliphatic carbocycles. The molecule has 2 aromatic heterocycles. The topological polar surface area (TPSA) is 73.8 Å². The SMILES string of the molecule is COC(=O)C1=C(C)N=c2s/c(=C\c3ccc(Br)o3)c(=O)n2[C@H]1c1ccc(C(C)C)cc1. The number of hydrogen-bond acceptors (Lipinski definition) is 6. The van der Waals surface area contributed by atoms with Crippen LogP contribution in [0.4, 0.5) is 0 Å². The number of aromatic nitrogens is 1. The predicted octanol–water partition coefficient (Wildman–Crippen LogP) is 3.89. The van der Waals surface area contributed by atoms with Gasteiger partial charge in [0.15, 0.2) is 9.47 Å². The number of hydrogen-bond donors (Lipinski definition) is 0. The van der Waals surface area contributed by atoms with Crippen LogP contribution in [0.25, 0.3) is 6.08 Å². The van der Waals surface area contributed by atoms with Crippen LogP contribution in [0.1, 0.15) is 49.6 Å². The van der Waals surface area contributed by atoms with E-state index >= 15 is 0 Å². The van der Waals surface area contributed by atoms with Crippen molar-refractivity contribution in [3.63, 3.8) is 0 Å². The van der Waals surface area contributed by atoms with Crippen LogP contribution in [-0.4, -0.2) is 17.6 Å². The Hall–Kier alpha value is -2.71. The van der Waals surface area contributed by atoms with Gasteiger partial charge in [-0.25, -0.2) is 9.79 Å². The van der Waals surface area contributed by atoms with Crippen molar-refractivity contribution in [2.45, 2.75) is 32.7 Å². The van der Waals surface area contributed by atoms with E-state index in [2.05, 4.69) is 34.8 Å². The predicted molar refractivity (Wildman–Crippen MR) is 123 cm³/mol. The number of furan rings is 1. The zero-order chi connectivity index (χ0) is 22.3. The Kier molecular flexibility index (Phi) is 5.85. The summed E-state index contributed by atoms with van der Waals surface area (Å²) in [6.07, 6.45) is 1.69. The molecule has 0 spiro atoms. The molecule has 0 fully saturated rings. The summed E-state index contributed by atoms with van der Waals surface area (Å²) < 4.78 is 13.2. The van der Waals surface area contributed by atoms with Crippen LogP contribution < -0.4 is 14.9 Å². The van der Waals surface area contributed by atoms with Gasteiger partial charge in [-0.1, -0.05) is 49.4 Å². The van der Waals surface area contributed by atoms with Crippen LogP contribution in [0.5, 0.6) is 0 Å². The lowest BCUT2D eigenvalue weighted by Gasteiger charge is -2.24. The van der Waals surface area contributed by atoms with E-state index in [1.54, 1.807) is 29.7 Å². The Balaban J connectivity index is 1.95. The van der Waals surface area contributed by atoms with E-state index in [-0.39, 0.29) is 5.56 Å². The fraction of sp³-hybridized carbons (Fsp3) is 0.261. The van der Waals surface area contributed by atoms with Crippen LogP contribution in [0, 0.1) is 0 Å². The number of nitrogens with zero attached hydrogens (tertiary/aromatic N) is 2. The van der Waals surface area contributed by atoms with Gasteiger partial charge in [0.2, 0.25) is 0 Å². The number of rotatable bonds is 4. The van der Waals surface area contributed by atoms with E-state index in [9.17, 15) is 9.59 Å². The van der Waals surface area contributed by atoms with Gasteiger partial charge in [0.05, 0.1) is 29.0 Å². The average Bonchev–Trinajstić information content (AvgIpc) is 3.29. The molecule has 0 saturated heterocycles. The third-order valence-corrected chi connectivity index (χ3v) is 6.62. The van der Waals surface area contributed by atoms with Gasteiger partial charge < -0.3 is 9.15 Å². The van der Waals surface area contributed by atoms with E-state index in [1.165, 1.54) is 24.0 Å². The Bertz CT molecular complexity index is 1360. The smallest absolute Gasteiger partial charge is 0.338 e. The average molecular weight is 501 g/mol. The van der Waals surface area contributed by atoms with Crippen LogP contribution in [0.2, 0.25) is 0 Å². The molecule has 0 unspecified atom stereocenters. The Labute approximate surface area is 191 Å². The van der Waals surface area contributed by atoms with Gasteiger partial charge in [0.25, 0.3) is 5.56 Å². The molecule has 0 bridgehead atoms. The summed E-state index contributed by atoms with van der Waals surface area (Å²) in [4.78, 5) is 31.2. The summed E-state index contributed by atoms with van der Waals surface area (Å²) in [5, 5.41) is 0. The molecule has 0 saturated carbocycles. The van der Waals surface area contributed by atoms with Crippen molar-refractivity contribution in [3.05, 3.63) is 88.9 Å². The Morgan fingerprint density at radius 1 is 1.26 bits per heavy atom. The molecule has 0 amide bonds. The van der Waals surface area contributed by atoms with E-state index in [0.29, 0.717) is 37.0 Å². The third kappa shape index (κ3) is 3.97. The lowest BCUT2D eigenvalue weighted by Crippen LogP contribution is -2.39. The van der Waals surface area contributed by atoms with Gasteiger partial charge >= 0.3 is 5.97 Å². The van der Waals surface area contributed by atoms with Crippen molar-refractivity contribution >= 4 is 39.3 Å². The van der Waals surface area contributed by atoms with Crippen molar-refractivity contribution in [1.29, 1.82) is 0 Å². The molecular formula is C23H21BrN2O4S. The number of fused-ring (bicyclic) bond motifs is 1. The first-order valence-electron chi connectivity index (χ1n) is 9.76. The molecule has 3 aromatic rings. The van der Waals surface area contributed by atoms with Crippen molar-refractivity contribution in [1.82, 2.24) is 4.57 Å². The summed E-state index contributed by atoms with van der Waals surface area (Å²) in [5.41, 5.74) is 2.67. The van der Waals surface area contributed by atoms with Crippen LogP contribution >= 0.6 is 27.3 Å². The summed E-state index contributed by atoms with van der Waals surface area (Å²) in [5.74, 6) is 0.434. The molecule has 0 N–H and O–H groups in total. The second kappa shape index (κ2) is 8.43. The first-order chi connectivity index (χ1) is 14.8. The molecule has 6 nitrogen and oxygen atoms in total. The highest BCUT2D eigenvalue weighted by atomic mass is 79.9. The highest BCUT2D eigenvalue weighted by molar-refractivity contribution is 9.10. The summed E-state index contributed by atoms with van der Waals surface area (Å²) >= 11 is 4.54. The molecule has 1 aliphatic heterocycles. The van der Waals surface area contributed by atoms with Gasteiger partial charge in [-0.05, 0) is 52.0 Å². The lowest BCUT2D eigenvalue weighted by molar-refractivity contribution is -0.136. The monoisotopic (exact) mass is 500 g/mol. The van der Waals surface area contributed by atoms with E-state index in [1.807, 2.05) is 24.3 Å². The van der Waals surface area contributed by atoms with E-state index in [4.69, 9.17) is 9.15 Å². The van der Waals surface area contributed by atoms with Crippen LogP contribution in [0.3, 0.4) is 0 Å². The summed E-state index contributed by atoms with van der Waals surface area (Å²) in [7, 11) is 1.33. The second-order valence-electron chi connectivity index (χ2n) is 7.54. The minimum atomic E-state index is -0.615. The molecule has 0 radical (unpaired) electrons. The number of methoxy groups -OCH3 is 1. The van der Waals surface area contributed by atoms with Crippen molar-refractivity contribution < 1.29 is 13.9 Å². The number of thiazole rings is 1. The number of allylic oxidation sites excluding steroid dienone is 1. The third-order valence-electron chi connectivity index (χ3n) is 5.21. The number of esters is 1. The minimum absolute atomic E-state index is 0.233. The number of benzene rings is 1. The Morgan fingerprint density at radius 3 is 2.55 bits per heavy atom. The number of halogens is 1.